The molecule has 132 valence electrons. The van der Waals surface area contributed by atoms with E-state index in [1.807, 2.05) is 0 Å². The van der Waals surface area contributed by atoms with Crippen molar-refractivity contribution in [3.05, 3.63) is 0 Å². The Hall–Kier alpha value is 0. The van der Waals surface area contributed by atoms with Crippen LogP contribution in [-0.4, -0.2) is 0 Å². The maximum atomic E-state index is 2.35. The first-order chi connectivity index (χ1) is 10.6. The largest absolute Gasteiger partial charge is 0.0628 e. The lowest BCUT2D eigenvalue weighted by Crippen LogP contribution is -2.14. The third kappa shape index (κ3) is 10.7. The molecule has 0 aromatic heterocycles. The molecule has 0 N–H and O–H groups in total. The Morgan fingerprint density at radius 1 is 0.545 bits per heavy atom. The molecule has 0 heteroatoms. The minimum atomic E-state index is 0.899. The van der Waals surface area contributed by atoms with E-state index >= 15 is 0 Å². The van der Waals surface area contributed by atoms with E-state index in [4.69, 9.17) is 0 Å². The molecule has 1 rings (SSSR count). The average Bonchev–Trinajstić information content (AvgIpc) is 2.47. The topological polar surface area (TPSA) is 0 Å². The van der Waals surface area contributed by atoms with Crippen molar-refractivity contribution < 1.29 is 0 Å². The van der Waals surface area contributed by atoms with E-state index in [-0.39, 0.29) is 0 Å². The minimum Gasteiger partial charge on any atom is -0.0628 e. The van der Waals surface area contributed by atoms with Crippen LogP contribution in [0.1, 0.15) is 118 Å². The summed E-state index contributed by atoms with van der Waals surface area (Å²) in [5, 5.41) is 0. The molecule has 0 amide bonds. The van der Waals surface area contributed by atoms with Gasteiger partial charge in [0.25, 0.3) is 0 Å². The Kier molecular flexibility index (Phi) is 11.3. The standard InChI is InChI=1S/C22H44/c1-19(2)11-7-5-9-13-21-15-17-22(18-16-21)14-10-6-8-12-20(3)4/h19-22H,5-18H2,1-4H3. The highest BCUT2D eigenvalue weighted by Crippen LogP contribution is 2.34. The third-order valence-corrected chi connectivity index (χ3v) is 5.75. The zero-order valence-electron chi connectivity index (χ0n) is 16.2. The summed E-state index contributed by atoms with van der Waals surface area (Å²) in [4.78, 5) is 0. The van der Waals surface area contributed by atoms with E-state index in [9.17, 15) is 0 Å². The van der Waals surface area contributed by atoms with E-state index in [1.54, 1.807) is 25.7 Å². The molecule has 0 saturated heterocycles. The predicted octanol–water partition coefficient (Wildman–Crippen LogP) is 8.01. The van der Waals surface area contributed by atoms with Gasteiger partial charge in [-0.1, -0.05) is 118 Å². The molecule has 0 unspecified atom stereocenters. The molecule has 1 aliphatic carbocycles. The van der Waals surface area contributed by atoms with Crippen LogP contribution < -0.4 is 0 Å². The Balaban J connectivity index is 1.92. The van der Waals surface area contributed by atoms with Crippen molar-refractivity contribution in [3.8, 4) is 0 Å². The van der Waals surface area contributed by atoms with Crippen LogP contribution in [0.2, 0.25) is 0 Å². The highest BCUT2D eigenvalue weighted by molar-refractivity contribution is 4.73. The molecule has 0 aromatic rings. The number of rotatable bonds is 12. The van der Waals surface area contributed by atoms with Gasteiger partial charge in [0.05, 0.1) is 0 Å². The normalized spacial score (nSPS) is 22.6. The van der Waals surface area contributed by atoms with Gasteiger partial charge < -0.3 is 0 Å². The van der Waals surface area contributed by atoms with Gasteiger partial charge in [0, 0.05) is 0 Å². The van der Waals surface area contributed by atoms with Crippen LogP contribution >= 0.6 is 0 Å². The number of hydrogen-bond acceptors (Lipinski definition) is 0. The molecule has 0 nitrogen and oxygen atoms in total. The molecule has 0 atom stereocenters. The maximum absolute atomic E-state index is 2.35. The van der Waals surface area contributed by atoms with Crippen LogP contribution in [0.4, 0.5) is 0 Å². The SMILES string of the molecule is CC(C)CCCCCC1CCC(CCCCCC(C)C)CC1. The van der Waals surface area contributed by atoms with E-state index in [0.717, 1.165) is 23.7 Å². The highest BCUT2D eigenvalue weighted by Gasteiger charge is 2.20. The van der Waals surface area contributed by atoms with Crippen LogP contribution in [0.5, 0.6) is 0 Å². The molecule has 1 aliphatic rings. The Labute approximate surface area is 141 Å². The summed E-state index contributed by atoms with van der Waals surface area (Å²) in [6.45, 7) is 9.41. The van der Waals surface area contributed by atoms with Gasteiger partial charge in [0.15, 0.2) is 0 Å². The molecule has 0 spiro atoms. The van der Waals surface area contributed by atoms with Crippen molar-refractivity contribution in [1.82, 2.24) is 0 Å². The Bertz CT molecular complexity index is 206. The summed E-state index contributed by atoms with van der Waals surface area (Å²) in [7, 11) is 0. The van der Waals surface area contributed by atoms with E-state index in [2.05, 4.69) is 27.7 Å². The average molecular weight is 309 g/mol. The Morgan fingerprint density at radius 2 is 0.909 bits per heavy atom. The van der Waals surface area contributed by atoms with Gasteiger partial charge in [-0.3, -0.25) is 0 Å². The van der Waals surface area contributed by atoms with Gasteiger partial charge in [-0.25, -0.2) is 0 Å². The highest BCUT2D eigenvalue weighted by atomic mass is 14.3. The first-order valence-electron chi connectivity index (χ1n) is 10.6. The summed E-state index contributed by atoms with van der Waals surface area (Å²) >= 11 is 0. The van der Waals surface area contributed by atoms with E-state index in [1.165, 1.54) is 64.2 Å². The maximum Gasteiger partial charge on any atom is -0.0414 e. The van der Waals surface area contributed by atoms with Crippen molar-refractivity contribution in [2.24, 2.45) is 23.7 Å². The van der Waals surface area contributed by atoms with E-state index in [0.29, 0.717) is 0 Å². The fraction of sp³-hybridized carbons (Fsp3) is 1.00. The molecule has 1 saturated carbocycles. The van der Waals surface area contributed by atoms with Crippen molar-refractivity contribution in [1.29, 1.82) is 0 Å². The molecule has 0 radical (unpaired) electrons. The van der Waals surface area contributed by atoms with Crippen LogP contribution in [0.3, 0.4) is 0 Å². The first kappa shape index (κ1) is 20.0. The van der Waals surface area contributed by atoms with Crippen LogP contribution in [0.25, 0.3) is 0 Å². The zero-order chi connectivity index (χ0) is 16.2. The number of unbranched alkanes of at least 4 members (excludes halogenated alkanes) is 4. The van der Waals surface area contributed by atoms with Gasteiger partial charge >= 0.3 is 0 Å². The van der Waals surface area contributed by atoms with Crippen molar-refractivity contribution in [2.45, 2.75) is 118 Å². The summed E-state index contributed by atoms with van der Waals surface area (Å²) in [6.07, 6.45) is 21.0. The second kappa shape index (κ2) is 12.4. The molecule has 0 aromatic carbocycles. The molecular formula is C22H44. The van der Waals surface area contributed by atoms with Crippen molar-refractivity contribution >= 4 is 0 Å². The number of hydrogen-bond donors (Lipinski definition) is 0. The van der Waals surface area contributed by atoms with Gasteiger partial charge in [0.1, 0.15) is 0 Å². The minimum absolute atomic E-state index is 0.899. The van der Waals surface area contributed by atoms with Gasteiger partial charge in [0.2, 0.25) is 0 Å². The van der Waals surface area contributed by atoms with Crippen LogP contribution in [-0.2, 0) is 0 Å². The lowest BCUT2D eigenvalue weighted by molar-refractivity contribution is 0.243. The van der Waals surface area contributed by atoms with Crippen LogP contribution in [0, 0.1) is 23.7 Å². The smallest absolute Gasteiger partial charge is 0.0414 e. The van der Waals surface area contributed by atoms with Gasteiger partial charge in [-0.15, -0.1) is 0 Å². The Morgan fingerprint density at radius 3 is 1.23 bits per heavy atom. The molecule has 0 heterocycles. The monoisotopic (exact) mass is 308 g/mol. The fourth-order valence-corrected chi connectivity index (χ4v) is 4.13. The van der Waals surface area contributed by atoms with Crippen molar-refractivity contribution in [2.75, 3.05) is 0 Å². The summed E-state index contributed by atoms with van der Waals surface area (Å²) in [6, 6.07) is 0. The molecule has 22 heavy (non-hydrogen) atoms. The van der Waals surface area contributed by atoms with Gasteiger partial charge in [-0.05, 0) is 23.7 Å². The fourth-order valence-electron chi connectivity index (χ4n) is 4.13. The van der Waals surface area contributed by atoms with Crippen LogP contribution in [0.15, 0.2) is 0 Å². The lowest BCUT2D eigenvalue weighted by Gasteiger charge is -2.28. The first-order valence-corrected chi connectivity index (χ1v) is 10.6. The van der Waals surface area contributed by atoms with E-state index < -0.39 is 0 Å². The van der Waals surface area contributed by atoms with Gasteiger partial charge in [-0.2, -0.15) is 0 Å². The summed E-state index contributed by atoms with van der Waals surface area (Å²) < 4.78 is 0. The zero-order valence-corrected chi connectivity index (χ0v) is 16.2. The lowest BCUT2D eigenvalue weighted by atomic mass is 9.78. The quantitative estimate of drug-likeness (QED) is 0.320. The predicted molar refractivity (Wildman–Crippen MR) is 101 cm³/mol. The summed E-state index contributed by atoms with van der Waals surface area (Å²) in [5.74, 6) is 3.96. The molecule has 0 bridgehead atoms. The second-order valence-electron chi connectivity index (χ2n) is 8.95. The second-order valence-corrected chi connectivity index (χ2v) is 8.95. The summed E-state index contributed by atoms with van der Waals surface area (Å²) in [5.41, 5.74) is 0. The third-order valence-electron chi connectivity index (χ3n) is 5.75. The molecule has 1 fully saturated rings. The molecular weight excluding hydrogens is 264 g/mol. The van der Waals surface area contributed by atoms with Crippen molar-refractivity contribution in [3.63, 3.8) is 0 Å². The molecule has 0 aliphatic heterocycles.